The molecule has 0 bridgehead atoms. The summed E-state index contributed by atoms with van der Waals surface area (Å²) in [5, 5.41) is 2.70. The molecule has 0 aliphatic heterocycles. The molecule has 7 heteroatoms. The molecule has 0 heterocycles. The third-order valence-electron chi connectivity index (χ3n) is 3.83. The summed E-state index contributed by atoms with van der Waals surface area (Å²) >= 11 is 0.424. The molecule has 1 N–H and O–H groups in total. The quantitative estimate of drug-likeness (QED) is 0.471. The van der Waals surface area contributed by atoms with Crippen LogP contribution in [-0.2, 0) is 4.79 Å². The number of thioether (sulfide) groups is 1. The smallest absolute Gasteiger partial charge is 0.288 e. The Morgan fingerprint density at radius 2 is 1.89 bits per heavy atom. The summed E-state index contributed by atoms with van der Waals surface area (Å²) in [7, 11) is 1.84. The highest BCUT2D eigenvalue weighted by molar-refractivity contribution is 7.99. The SMILES string of the molecule is Cc1ccccc1OCCCN(C)CC(=O)Nc1ccccc1SC(F)F. The summed E-state index contributed by atoms with van der Waals surface area (Å²) in [4.78, 5) is 14.4. The van der Waals surface area contributed by atoms with Crippen LogP contribution in [0.3, 0.4) is 0 Å². The summed E-state index contributed by atoms with van der Waals surface area (Å²) < 4.78 is 30.9. The van der Waals surface area contributed by atoms with Crippen LogP contribution in [0.1, 0.15) is 12.0 Å². The Balaban J connectivity index is 1.73. The first-order valence-electron chi connectivity index (χ1n) is 8.66. The Labute approximate surface area is 162 Å². The number of alkyl halides is 2. The molecule has 2 aromatic carbocycles. The number of likely N-dealkylation sites (N-methyl/N-ethyl adjacent to an activating group) is 1. The average molecular weight is 394 g/mol. The van der Waals surface area contributed by atoms with Crippen LogP contribution in [0.25, 0.3) is 0 Å². The van der Waals surface area contributed by atoms with Crippen molar-refractivity contribution >= 4 is 23.4 Å². The third-order valence-corrected chi connectivity index (χ3v) is 4.61. The first-order chi connectivity index (χ1) is 13.0. The minimum atomic E-state index is -2.53. The highest BCUT2D eigenvalue weighted by Gasteiger charge is 2.13. The van der Waals surface area contributed by atoms with Gasteiger partial charge in [0.1, 0.15) is 5.75 Å². The minimum absolute atomic E-state index is 0.179. The van der Waals surface area contributed by atoms with Crippen molar-refractivity contribution in [2.45, 2.75) is 24.0 Å². The largest absolute Gasteiger partial charge is 0.493 e. The zero-order chi connectivity index (χ0) is 19.6. The van der Waals surface area contributed by atoms with Crippen molar-refractivity contribution in [3.63, 3.8) is 0 Å². The number of hydrogen-bond donors (Lipinski definition) is 1. The highest BCUT2D eigenvalue weighted by atomic mass is 32.2. The number of nitrogens with zero attached hydrogens (tertiary/aromatic N) is 1. The molecule has 2 aromatic rings. The zero-order valence-corrected chi connectivity index (χ0v) is 16.3. The maximum absolute atomic E-state index is 12.6. The first-order valence-corrected chi connectivity index (χ1v) is 9.54. The van der Waals surface area contributed by atoms with Crippen molar-refractivity contribution in [3.8, 4) is 5.75 Å². The van der Waals surface area contributed by atoms with Gasteiger partial charge >= 0.3 is 0 Å². The van der Waals surface area contributed by atoms with Gasteiger partial charge in [0.15, 0.2) is 0 Å². The summed E-state index contributed by atoms with van der Waals surface area (Å²) in [5.41, 5.74) is 1.50. The molecule has 0 saturated heterocycles. The first kappa shape index (κ1) is 21.2. The maximum Gasteiger partial charge on any atom is 0.288 e. The summed E-state index contributed by atoms with van der Waals surface area (Å²) in [6, 6.07) is 14.4. The van der Waals surface area contributed by atoms with Gasteiger partial charge in [-0.1, -0.05) is 42.1 Å². The Hall–Kier alpha value is -2.12. The lowest BCUT2D eigenvalue weighted by Crippen LogP contribution is -2.31. The molecule has 0 fully saturated rings. The number of aryl methyl sites for hydroxylation is 1. The number of amides is 1. The molecular weight excluding hydrogens is 370 g/mol. The standard InChI is InChI=1S/C20H24F2N2O2S/c1-15-8-3-5-10-17(15)26-13-7-12-24(2)14-19(25)23-16-9-4-6-11-18(16)27-20(21)22/h3-6,8-11,20H,7,12-14H2,1-2H3,(H,23,25). The number of halogens is 2. The lowest BCUT2D eigenvalue weighted by Gasteiger charge is -2.17. The Morgan fingerprint density at radius 1 is 1.19 bits per heavy atom. The predicted molar refractivity (Wildman–Crippen MR) is 106 cm³/mol. The van der Waals surface area contributed by atoms with Crippen molar-refractivity contribution in [3.05, 3.63) is 54.1 Å². The molecule has 0 aliphatic carbocycles. The summed E-state index contributed by atoms with van der Waals surface area (Å²) in [5.74, 6) is -1.90. The van der Waals surface area contributed by atoms with E-state index in [-0.39, 0.29) is 12.5 Å². The van der Waals surface area contributed by atoms with E-state index in [0.29, 0.717) is 35.5 Å². The van der Waals surface area contributed by atoms with Gasteiger partial charge in [-0.2, -0.15) is 8.78 Å². The second-order valence-electron chi connectivity index (χ2n) is 6.13. The number of hydrogen-bond acceptors (Lipinski definition) is 4. The number of para-hydroxylation sites is 2. The van der Waals surface area contributed by atoms with Crippen LogP contribution >= 0.6 is 11.8 Å². The van der Waals surface area contributed by atoms with Gasteiger partial charge < -0.3 is 10.1 Å². The topological polar surface area (TPSA) is 41.6 Å². The molecule has 2 rings (SSSR count). The van der Waals surface area contributed by atoms with Crippen LogP contribution in [0, 0.1) is 6.92 Å². The minimum Gasteiger partial charge on any atom is -0.493 e. The third kappa shape index (κ3) is 7.56. The van der Waals surface area contributed by atoms with Gasteiger partial charge in [0.2, 0.25) is 5.91 Å². The van der Waals surface area contributed by atoms with Crippen LogP contribution in [0.2, 0.25) is 0 Å². The van der Waals surface area contributed by atoms with Crippen LogP contribution in [0.5, 0.6) is 5.75 Å². The van der Waals surface area contributed by atoms with Gasteiger partial charge in [0.05, 0.1) is 18.8 Å². The van der Waals surface area contributed by atoms with E-state index in [4.69, 9.17) is 4.74 Å². The van der Waals surface area contributed by atoms with E-state index in [0.717, 1.165) is 17.7 Å². The zero-order valence-electron chi connectivity index (χ0n) is 15.5. The van der Waals surface area contributed by atoms with Crippen molar-refractivity contribution in [1.29, 1.82) is 0 Å². The summed E-state index contributed by atoms with van der Waals surface area (Å²) in [6.07, 6.45) is 0.774. The molecule has 27 heavy (non-hydrogen) atoms. The van der Waals surface area contributed by atoms with Gasteiger partial charge in [0.25, 0.3) is 5.76 Å². The molecule has 0 radical (unpaired) electrons. The average Bonchev–Trinajstić information content (AvgIpc) is 2.61. The monoisotopic (exact) mass is 394 g/mol. The lowest BCUT2D eigenvalue weighted by atomic mass is 10.2. The van der Waals surface area contributed by atoms with Crippen molar-refractivity contribution < 1.29 is 18.3 Å². The fourth-order valence-electron chi connectivity index (χ4n) is 2.52. The van der Waals surface area contributed by atoms with E-state index in [1.165, 1.54) is 0 Å². The van der Waals surface area contributed by atoms with Gasteiger partial charge in [-0.3, -0.25) is 9.69 Å². The van der Waals surface area contributed by atoms with E-state index in [1.54, 1.807) is 24.3 Å². The Bertz CT molecular complexity index is 743. The normalized spacial score (nSPS) is 11.0. The number of nitrogens with one attached hydrogen (secondary N) is 1. The predicted octanol–water partition coefficient (Wildman–Crippen LogP) is 4.65. The van der Waals surface area contributed by atoms with E-state index in [9.17, 15) is 13.6 Å². The molecule has 0 spiro atoms. The fourth-order valence-corrected chi connectivity index (χ4v) is 3.11. The van der Waals surface area contributed by atoms with Crippen LogP contribution in [-0.4, -0.2) is 43.3 Å². The van der Waals surface area contributed by atoms with Crippen LogP contribution < -0.4 is 10.1 Å². The van der Waals surface area contributed by atoms with Crippen LogP contribution in [0.15, 0.2) is 53.4 Å². The van der Waals surface area contributed by atoms with E-state index < -0.39 is 5.76 Å². The molecular formula is C20H24F2N2O2S. The highest BCUT2D eigenvalue weighted by Crippen LogP contribution is 2.31. The number of rotatable bonds is 10. The number of carbonyl (C=O) groups is 1. The molecule has 0 saturated carbocycles. The summed E-state index contributed by atoms with van der Waals surface area (Å²) in [6.45, 7) is 3.42. The van der Waals surface area contributed by atoms with Gasteiger partial charge in [-0.15, -0.1) is 0 Å². The fraction of sp³-hybridized carbons (Fsp3) is 0.350. The Kier molecular flexibility index (Phi) is 8.54. The van der Waals surface area contributed by atoms with Crippen molar-refractivity contribution in [2.75, 3.05) is 32.1 Å². The van der Waals surface area contributed by atoms with Gasteiger partial charge in [-0.25, -0.2) is 0 Å². The molecule has 0 unspecified atom stereocenters. The molecule has 1 amide bonds. The van der Waals surface area contributed by atoms with E-state index in [2.05, 4.69) is 5.32 Å². The Morgan fingerprint density at radius 3 is 2.63 bits per heavy atom. The molecule has 4 nitrogen and oxygen atoms in total. The second-order valence-corrected chi connectivity index (χ2v) is 7.16. The number of ether oxygens (including phenoxy) is 1. The molecule has 146 valence electrons. The number of carbonyl (C=O) groups excluding carboxylic acids is 1. The van der Waals surface area contributed by atoms with Crippen molar-refractivity contribution in [1.82, 2.24) is 4.90 Å². The number of anilines is 1. The maximum atomic E-state index is 12.6. The van der Waals surface area contributed by atoms with E-state index in [1.807, 2.05) is 43.1 Å². The molecule has 0 aromatic heterocycles. The number of benzene rings is 2. The lowest BCUT2D eigenvalue weighted by molar-refractivity contribution is -0.117. The molecule has 0 aliphatic rings. The van der Waals surface area contributed by atoms with Gasteiger partial charge in [0, 0.05) is 11.4 Å². The molecule has 0 atom stereocenters. The van der Waals surface area contributed by atoms with Gasteiger partial charge in [-0.05, 0) is 44.2 Å². The van der Waals surface area contributed by atoms with E-state index >= 15 is 0 Å². The van der Waals surface area contributed by atoms with Crippen LogP contribution in [0.4, 0.5) is 14.5 Å². The van der Waals surface area contributed by atoms with Crippen molar-refractivity contribution in [2.24, 2.45) is 0 Å². The second kappa shape index (κ2) is 10.9.